The highest BCUT2D eigenvalue weighted by atomic mass is 16.5. The lowest BCUT2D eigenvalue weighted by atomic mass is 9.93. The van der Waals surface area contributed by atoms with Gasteiger partial charge in [0.05, 0.1) is 19.2 Å². The Kier molecular flexibility index (Phi) is 3.57. The van der Waals surface area contributed by atoms with E-state index in [4.69, 9.17) is 10.5 Å². The molecule has 6 nitrogen and oxygen atoms in total. The van der Waals surface area contributed by atoms with Crippen LogP contribution in [-0.4, -0.2) is 21.9 Å². The van der Waals surface area contributed by atoms with Crippen LogP contribution in [0.2, 0.25) is 0 Å². The van der Waals surface area contributed by atoms with E-state index in [1.807, 2.05) is 35.0 Å². The van der Waals surface area contributed by atoms with E-state index in [-0.39, 0.29) is 18.0 Å². The lowest BCUT2D eigenvalue weighted by Gasteiger charge is -2.31. The summed E-state index contributed by atoms with van der Waals surface area (Å²) in [5.74, 6) is 1.84. The molecule has 6 heteroatoms. The molecule has 2 heterocycles. The number of ether oxygens (including phenoxy) is 1. The normalized spacial score (nSPS) is 19.4. The summed E-state index contributed by atoms with van der Waals surface area (Å²) in [5, 5.41) is 7.81. The van der Waals surface area contributed by atoms with Gasteiger partial charge in [-0.3, -0.25) is 0 Å². The number of aromatic nitrogens is 3. The van der Waals surface area contributed by atoms with Gasteiger partial charge in [0.15, 0.2) is 0 Å². The molecule has 0 saturated carbocycles. The maximum absolute atomic E-state index is 5.82. The Morgan fingerprint density at radius 1 is 1.08 bits per heavy atom. The zero-order valence-electron chi connectivity index (χ0n) is 13.4. The molecule has 0 radical (unpaired) electrons. The predicted molar refractivity (Wildman–Crippen MR) is 93.0 cm³/mol. The molecule has 0 saturated heterocycles. The second kappa shape index (κ2) is 5.88. The van der Waals surface area contributed by atoms with Crippen LogP contribution in [0.3, 0.4) is 0 Å². The molecule has 2 aromatic carbocycles. The van der Waals surface area contributed by atoms with E-state index in [9.17, 15) is 0 Å². The molecular weight excluding hydrogens is 302 g/mol. The molecule has 3 aromatic rings. The van der Waals surface area contributed by atoms with Gasteiger partial charge in [0.25, 0.3) is 0 Å². The Morgan fingerprint density at radius 2 is 1.83 bits per heavy atom. The topological polar surface area (TPSA) is 78.0 Å². The van der Waals surface area contributed by atoms with Crippen molar-refractivity contribution in [3.05, 3.63) is 65.7 Å². The Balaban J connectivity index is 1.71. The second-order valence-corrected chi connectivity index (χ2v) is 5.87. The molecule has 0 fully saturated rings. The zero-order chi connectivity index (χ0) is 16.5. The van der Waals surface area contributed by atoms with Crippen LogP contribution in [0.1, 0.15) is 29.6 Å². The molecule has 4 rings (SSSR count). The number of nitrogen functional groups attached to an aromatic ring is 1. The van der Waals surface area contributed by atoms with Gasteiger partial charge >= 0.3 is 0 Å². The number of nitrogens with two attached hydrogens (primary N) is 1. The van der Waals surface area contributed by atoms with Gasteiger partial charge in [-0.1, -0.05) is 42.5 Å². The van der Waals surface area contributed by atoms with Gasteiger partial charge in [0.1, 0.15) is 5.75 Å². The molecule has 1 aliphatic rings. The third kappa shape index (κ3) is 2.56. The van der Waals surface area contributed by atoms with E-state index < -0.39 is 0 Å². The maximum Gasteiger partial charge on any atom is 0.241 e. The molecular formula is C18H19N5O. The first kappa shape index (κ1) is 14.6. The summed E-state index contributed by atoms with van der Waals surface area (Å²) >= 11 is 0. The summed E-state index contributed by atoms with van der Waals surface area (Å²) in [5.41, 5.74) is 8.20. The maximum atomic E-state index is 5.82. The van der Waals surface area contributed by atoms with E-state index in [0.29, 0.717) is 5.95 Å². The quantitative estimate of drug-likeness (QED) is 0.775. The number of benzene rings is 2. The van der Waals surface area contributed by atoms with Crippen LogP contribution in [0, 0.1) is 0 Å². The molecule has 0 spiro atoms. The SMILES string of the molecule is COc1ccc(C2CC(c3ccccc3)n3nc(N)nc3N2)cc1. The summed E-state index contributed by atoms with van der Waals surface area (Å²) in [6, 6.07) is 18.7. The first-order chi connectivity index (χ1) is 11.7. The number of hydrogen-bond acceptors (Lipinski definition) is 5. The first-order valence-corrected chi connectivity index (χ1v) is 7.92. The fourth-order valence-electron chi connectivity index (χ4n) is 3.20. The van der Waals surface area contributed by atoms with Gasteiger partial charge in [-0.05, 0) is 29.7 Å². The number of nitrogens with zero attached hydrogens (tertiary/aromatic N) is 3. The lowest BCUT2D eigenvalue weighted by Crippen LogP contribution is -2.28. The Bertz CT molecular complexity index is 828. The third-order valence-corrected chi connectivity index (χ3v) is 4.41. The minimum absolute atomic E-state index is 0.0966. The van der Waals surface area contributed by atoms with Crippen molar-refractivity contribution in [1.29, 1.82) is 0 Å². The average molecular weight is 321 g/mol. The summed E-state index contributed by atoms with van der Waals surface area (Å²) < 4.78 is 7.12. The summed E-state index contributed by atoms with van der Waals surface area (Å²) in [4.78, 5) is 4.33. The van der Waals surface area contributed by atoms with Crippen molar-refractivity contribution in [3.63, 3.8) is 0 Å². The van der Waals surface area contributed by atoms with Crippen LogP contribution < -0.4 is 15.8 Å². The van der Waals surface area contributed by atoms with E-state index >= 15 is 0 Å². The molecule has 3 N–H and O–H groups in total. The molecule has 0 amide bonds. The van der Waals surface area contributed by atoms with E-state index in [1.54, 1.807) is 7.11 Å². The van der Waals surface area contributed by atoms with Crippen molar-refractivity contribution in [2.45, 2.75) is 18.5 Å². The minimum Gasteiger partial charge on any atom is -0.497 e. The Hall–Kier alpha value is -3.02. The highest BCUT2D eigenvalue weighted by Gasteiger charge is 2.30. The van der Waals surface area contributed by atoms with E-state index in [2.05, 4.69) is 39.7 Å². The van der Waals surface area contributed by atoms with Gasteiger partial charge in [-0.2, -0.15) is 4.98 Å². The lowest BCUT2D eigenvalue weighted by molar-refractivity contribution is 0.413. The zero-order valence-corrected chi connectivity index (χ0v) is 13.4. The molecule has 2 atom stereocenters. The van der Waals surface area contributed by atoms with Gasteiger partial charge in [-0.15, -0.1) is 5.10 Å². The number of hydrogen-bond donors (Lipinski definition) is 2. The van der Waals surface area contributed by atoms with Gasteiger partial charge in [0.2, 0.25) is 11.9 Å². The number of anilines is 2. The van der Waals surface area contributed by atoms with Crippen molar-refractivity contribution in [2.75, 3.05) is 18.2 Å². The largest absolute Gasteiger partial charge is 0.497 e. The van der Waals surface area contributed by atoms with Crippen molar-refractivity contribution in [3.8, 4) is 5.75 Å². The van der Waals surface area contributed by atoms with Crippen LogP contribution in [0.25, 0.3) is 0 Å². The average Bonchev–Trinajstić information content (AvgIpc) is 3.02. The minimum atomic E-state index is 0.0966. The molecule has 1 aliphatic heterocycles. The van der Waals surface area contributed by atoms with Crippen molar-refractivity contribution in [2.24, 2.45) is 0 Å². The fraction of sp³-hybridized carbons (Fsp3) is 0.222. The Morgan fingerprint density at radius 3 is 2.54 bits per heavy atom. The molecule has 24 heavy (non-hydrogen) atoms. The number of rotatable bonds is 3. The summed E-state index contributed by atoms with van der Waals surface area (Å²) in [6.45, 7) is 0. The highest BCUT2D eigenvalue weighted by Crippen LogP contribution is 2.38. The first-order valence-electron chi connectivity index (χ1n) is 7.92. The van der Waals surface area contributed by atoms with E-state index in [0.717, 1.165) is 12.2 Å². The van der Waals surface area contributed by atoms with Gasteiger partial charge < -0.3 is 15.8 Å². The van der Waals surface area contributed by atoms with E-state index in [1.165, 1.54) is 11.1 Å². The highest BCUT2D eigenvalue weighted by molar-refractivity contribution is 5.42. The van der Waals surface area contributed by atoms with Crippen LogP contribution in [-0.2, 0) is 0 Å². The van der Waals surface area contributed by atoms with Crippen molar-refractivity contribution >= 4 is 11.9 Å². The third-order valence-electron chi connectivity index (χ3n) is 4.41. The van der Waals surface area contributed by atoms with Crippen molar-refractivity contribution < 1.29 is 4.74 Å². The van der Waals surface area contributed by atoms with Crippen LogP contribution in [0.5, 0.6) is 5.75 Å². The predicted octanol–water partition coefficient (Wildman–Crippen LogP) is 3.02. The monoisotopic (exact) mass is 321 g/mol. The van der Waals surface area contributed by atoms with Crippen LogP contribution >= 0.6 is 0 Å². The second-order valence-electron chi connectivity index (χ2n) is 5.87. The standard InChI is InChI=1S/C18H19N5O/c1-24-14-9-7-12(8-10-14)15-11-16(13-5-3-2-4-6-13)23-18(20-15)21-17(19)22-23/h2-10,15-16H,11H2,1H3,(H3,19,20,21,22). The van der Waals surface area contributed by atoms with Gasteiger partial charge in [-0.25, -0.2) is 4.68 Å². The molecule has 0 bridgehead atoms. The molecule has 2 unspecified atom stereocenters. The molecule has 122 valence electrons. The number of methoxy groups -OCH3 is 1. The summed E-state index contributed by atoms with van der Waals surface area (Å²) in [7, 11) is 1.67. The molecule has 1 aromatic heterocycles. The Labute approximate surface area is 140 Å². The van der Waals surface area contributed by atoms with Crippen LogP contribution in [0.15, 0.2) is 54.6 Å². The van der Waals surface area contributed by atoms with Crippen LogP contribution in [0.4, 0.5) is 11.9 Å². The number of fused-ring (bicyclic) bond motifs is 1. The summed E-state index contributed by atoms with van der Waals surface area (Å²) in [6.07, 6.45) is 0.867. The number of nitrogens with one attached hydrogen (secondary N) is 1. The van der Waals surface area contributed by atoms with Gasteiger partial charge in [0, 0.05) is 0 Å². The molecule has 0 aliphatic carbocycles. The van der Waals surface area contributed by atoms with Crippen molar-refractivity contribution in [1.82, 2.24) is 14.8 Å². The fourth-order valence-corrected chi connectivity index (χ4v) is 3.20. The smallest absolute Gasteiger partial charge is 0.241 e.